The first-order valence-electron chi connectivity index (χ1n) is 4.67. The van der Waals surface area contributed by atoms with Gasteiger partial charge in [0.1, 0.15) is 0 Å². The summed E-state index contributed by atoms with van der Waals surface area (Å²) in [7, 11) is 0. The van der Waals surface area contributed by atoms with Crippen LogP contribution in [0.25, 0.3) is 0 Å². The van der Waals surface area contributed by atoms with Crippen molar-refractivity contribution in [2.24, 2.45) is 0 Å². The molecular formula is C10H17NS. The largest absolute Gasteiger partial charge is 0.302 e. The molecule has 0 radical (unpaired) electrons. The Morgan fingerprint density at radius 3 is 3.08 bits per heavy atom. The van der Waals surface area contributed by atoms with Crippen LogP contribution in [0.4, 0.5) is 0 Å². The third-order valence-corrected chi connectivity index (χ3v) is 3.63. The molecule has 1 saturated carbocycles. The maximum atomic E-state index is 5.21. The second kappa shape index (κ2) is 5.50. The van der Waals surface area contributed by atoms with Gasteiger partial charge < -0.3 is 5.32 Å². The van der Waals surface area contributed by atoms with Crippen LogP contribution in [-0.4, -0.2) is 23.6 Å². The third kappa shape index (κ3) is 2.73. The van der Waals surface area contributed by atoms with Gasteiger partial charge >= 0.3 is 0 Å². The summed E-state index contributed by atoms with van der Waals surface area (Å²) in [6.07, 6.45) is 9.23. The predicted octanol–water partition coefficient (Wildman–Crippen LogP) is 1.88. The van der Waals surface area contributed by atoms with Gasteiger partial charge in [-0.2, -0.15) is 11.8 Å². The van der Waals surface area contributed by atoms with E-state index in [1.54, 1.807) is 0 Å². The molecule has 1 fully saturated rings. The first-order valence-corrected chi connectivity index (χ1v) is 5.71. The molecule has 12 heavy (non-hydrogen) atoms. The maximum absolute atomic E-state index is 5.21. The molecule has 1 aliphatic carbocycles. The highest BCUT2D eigenvalue weighted by Gasteiger charge is 2.25. The van der Waals surface area contributed by atoms with Crippen molar-refractivity contribution < 1.29 is 0 Å². The van der Waals surface area contributed by atoms with Crippen LogP contribution >= 0.6 is 11.8 Å². The van der Waals surface area contributed by atoms with E-state index in [0.717, 1.165) is 11.8 Å². The number of hydrogen-bond acceptors (Lipinski definition) is 2. The molecule has 2 heteroatoms. The van der Waals surface area contributed by atoms with Crippen LogP contribution in [0.15, 0.2) is 0 Å². The summed E-state index contributed by atoms with van der Waals surface area (Å²) < 4.78 is 0. The van der Waals surface area contributed by atoms with E-state index in [4.69, 9.17) is 6.42 Å². The van der Waals surface area contributed by atoms with E-state index in [0.29, 0.717) is 6.04 Å². The molecule has 0 bridgehead atoms. The van der Waals surface area contributed by atoms with Crippen LogP contribution in [0, 0.1) is 12.3 Å². The number of terminal acetylenes is 1. The number of hydrogen-bond donors (Lipinski definition) is 1. The Morgan fingerprint density at radius 1 is 1.58 bits per heavy atom. The van der Waals surface area contributed by atoms with E-state index in [2.05, 4.69) is 29.9 Å². The molecule has 0 aromatic heterocycles. The Bertz CT molecular complexity index is 162. The standard InChI is InChI=1S/C10H17NS/c1-3-8-11-9-6-5-7-10(9)12-4-2/h1,9-11H,4-8H2,2H3. The van der Waals surface area contributed by atoms with Crippen molar-refractivity contribution in [3.63, 3.8) is 0 Å². The van der Waals surface area contributed by atoms with Crippen molar-refractivity contribution >= 4 is 11.8 Å². The number of thioether (sulfide) groups is 1. The molecule has 1 nitrogen and oxygen atoms in total. The third-order valence-electron chi connectivity index (χ3n) is 2.30. The Morgan fingerprint density at radius 2 is 2.42 bits per heavy atom. The van der Waals surface area contributed by atoms with Gasteiger partial charge in [0.05, 0.1) is 6.54 Å². The lowest BCUT2D eigenvalue weighted by atomic mass is 10.2. The highest BCUT2D eigenvalue weighted by molar-refractivity contribution is 7.99. The number of rotatable bonds is 4. The molecule has 1 N–H and O–H groups in total. The van der Waals surface area contributed by atoms with Gasteiger partial charge in [0.25, 0.3) is 0 Å². The fourth-order valence-corrected chi connectivity index (χ4v) is 2.99. The van der Waals surface area contributed by atoms with Gasteiger partial charge in [0.15, 0.2) is 0 Å². The summed E-state index contributed by atoms with van der Waals surface area (Å²) in [4.78, 5) is 0. The zero-order valence-corrected chi connectivity index (χ0v) is 8.49. The monoisotopic (exact) mass is 183 g/mol. The van der Waals surface area contributed by atoms with Crippen molar-refractivity contribution in [2.45, 2.75) is 37.5 Å². The second-order valence-corrected chi connectivity index (χ2v) is 4.63. The van der Waals surface area contributed by atoms with E-state index in [1.807, 2.05) is 0 Å². The zero-order chi connectivity index (χ0) is 8.81. The van der Waals surface area contributed by atoms with Gasteiger partial charge in [-0.1, -0.05) is 19.3 Å². The van der Waals surface area contributed by atoms with Crippen LogP contribution in [0.5, 0.6) is 0 Å². The average molecular weight is 183 g/mol. The van der Waals surface area contributed by atoms with Crippen molar-refractivity contribution in [3.05, 3.63) is 0 Å². The SMILES string of the molecule is C#CCNC1CCCC1SCC. The first-order chi connectivity index (χ1) is 5.88. The fourth-order valence-electron chi connectivity index (χ4n) is 1.76. The van der Waals surface area contributed by atoms with E-state index < -0.39 is 0 Å². The average Bonchev–Trinajstić information content (AvgIpc) is 2.50. The molecule has 0 heterocycles. The quantitative estimate of drug-likeness (QED) is 0.668. The highest BCUT2D eigenvalue weighted by atomic mass is 32.2. The molecule has 0 aromatic carbocycles. The lowest BCUT2D eigenvalue weighted by Gasteiger charge is -2.18. The molecule has 0 saturated heterocycles. The van der Waals surface area contributed by atoms with E-state index in [-0.39, 0.29) is 0 Å². The minimum atomic E-state index is 0.672. The highest BCUT2D eigenvalue weighted by Crippen LogP contribution is 2.29. The molecule has 0 aliphatic heterocycles. The van der Waals surface area contributed by atoms with E-state index >= 15 is 0 Å². The Hall–Kier alpha value is -0.130. The van der Waals surface area contributed by atoms with Gasteiger partial charge in [-0.25, -0.2) is 0 Å². The van der Waals surface area contributed by atoms with E-state index in [1.165, 1.54) is 25.0 Å². The topological polar surface area (TPSA) is 12.0 Å². The summed E-state index contributed by atoms with van der Waals surface area (Å²) in [5.74, 6) is 3.86. The lowest BCUT2D eigenvalue weighted by Crippen LogP contribution is -2.34. The first kappa shape index (κ1) is 9.95. The molecular weight excluding hydrogens is 166 g/mol. The summed E-state index contributed by atoms with van der Waals surface area (Å²) in [5.41, 5.74) is 0. The van der Waals surface area contributed by atoms with Crippen molar-refractivity contribution in [3.8, 4) is 12.3 Å². The fraction of sp³-hybridized carbons (Fsp3) is 0.800. The Balaban J connectivity index is 2.26. The molecule has 68 valence electrons. The van der Waals surface area contributed by atoms with Crippen molar-refractivity contribution in [1.29, 1.82) is 0 Å². The minimum absolute atomic E-state index is 0.672. The lowest BCUT2D eigenvalue weighted by molar-refractivity contribution is 0.570. The Kier molecular flexibility index (Phi) is 4.57. The summed E-state index contributed by atoms with van der Waals surface area (Å²) in [6.45, 7) is 2.95. The van der Waals surface area contributed by atoms with Gasteiger partial charge in [0.2, 0.25) is 0 Å². The molecule has 0 spiro atoms. The van der Waals surface area contributed by atoms with Gasteiger partial charge in [-0.05, 0) is 18.6 Å². The summed E-state index contributed by atoms with van der Waals surface area (Å²) >= 11 is 2.07. The molecule has 1 aliphatic rings. The van der Waals surface area contributed by atoms with Crippen LogP contribution < -0.4 is 5.32 Å². The molecule has 2 atom stereocenters. The molecule has 2 unspecified atom stereocenters. The van der Waals surface area contributed by atoms with Gasteiger partial charge in [0, 0.05) is 11.3 Å². The summed E-state index contributed by atoms with van der Waals surface area (Å²) in [6, 6.07) is 0.672. The zero-order valence-electron chi connectivity index (χ0n) is 7.68. The molecule has 0 amide bonds. The van der Waals surface area contributed by atoms with Crippen LogP contribution in [0.3, 0.4) is 0 Å². The molecule has 0 aromatic rings. The van der Waals surface area contributed by atoms with Gasteiger partial charge in [-0.15, -0.1) is 6.42 Å². The summed E-state index contributed by atoms with van der Waals surface area (Å²) in [5, 5.41) is 4.22. The minimum Gasteiger partial charge on any atom is -0.302 e. The van der Waals surface area contributed by atoms with E-state index in [9.17, 15) is 0 Å². The number of nitrogens with one attached hydrogen (secondary N) is 1. The predicted molar refractivity (Wildman–Crippen MR) is 56.4 cm³/mol. The maximum Gasteiger partial charge on any atom is 0.0576 e. The Labute approximate surface area is 79.7 Å². The van der Waals surface area contributed by atoms with Crippen molar-refractivity contribution in [1.82, 2.24) is 5.32 Å². The second-order valence-electron chi connectivity index (χ2n) is 3.12. The van der Waals surface area contributed by atoms with Gasteiger partial charge in [-0.3, -0.25) is 0 Å². The smallest absolute Gasteiger partial charge is 0.0576 e. The van der Waals surface area contributed by atoms with Crippen LogP contribution in [-0.2, 0) is 0 Å². The van der Waals surface area contributed by atoms with Crippen molar-refractivity contribution in [2.75, 3.05) is 12.3 Å². The van der Waals surface area contributed by atoms with Crippen LogP contribution in [0.1, 0.15) is 26.2 Å². The van der Waals surface area contributed by atoms with Crippen LogP contribution in [0.2, 0.25) is 0 Å². The molecule has 1 rings (SSSR count). The normalized spacial score (nSPS) is 28.7.